The Kier molecular flexibility index (Phi) is 3.13. The Bertz CT molecular complexity index is 143. The second kappa shape index (κ2) is 4.15. The predicted octanol–water partition coefficient (Wildman–Crippen LogP) is -0.541. The van der Waals surface area contributed by atoms with Crippen molar-refractivity contribution in [2.45, 2.75) is 18.9 Å². The number of hydrogen-bond donors (Lipinski definition) is 3. The molecule has 0 radical (unpaired) electrons. The Morgan fingerprint density at radius 2 is 2.64 bits per heavy atom. The highest BCUT2D eigenvalue weighted by molar-refractivity contribution is 5.76. The second-order valence-electron chi connectivity index (χ2n) is 2.47. The summed E-state index contributed by atoms with van der Waals surface area (Å²) < 4.78 is 5.28. The third-order valence-electron chi connectivity index (χ3n) is 1.60. The van der Waals surface area contributed by atoms with Gasteiger partial charge in [0.15, 0.2) is 0 Å². The molecule has 1 heterocycles. The quantitative estimate of drug-likeness (QED) is 0.287. The van der Waals surface area contributed by atoms with Gasteiger partial charge in [-0.3, -0.25) is 5.21 Å². The maximum absolute atomic E-state index is 8.26. The molecule has 0 saturated carbocycles. The monoisotopic (exact) mass is 159 g/mol. The lowest BCUT2D eigenvalue weighted by Crippen LogP contribution is -2.29. The third-order valence-corrected chi connectivity index (χ3v) is 1.60. The first-order valence-electron chi connectivity index (χ1n) is 3.64. The van der Waals surface area contributed by atoms with E-state index in [9.17, 15) is 0 Å². The predicted molar refractivity (Wildman–Crippen MR) is 40.4 cm³/mol. The van der Waals surface area contributed by atoms with Gasteiger partial charge in [-0.05, 0) is 12.8 Å². The Labute approximate surface area is 65.2 Å². The van der Waals surface area contributed by atoms with Crippen LogP contribution < -0.4 is 11.2 Å². The summed E-state index contributed by atoms with van der Waals surface area (Å²) in [6, 6.07) is 0. The van der Waals surface area contributed by atoms with Crippen LogP contribution in [0.1, 0.15) is 12.8 Å². The van der Waals surface area contributed by atoms with Crippen LogP contribution in [0, 0.1) is 0 Å². The number of aliphatic imine (C=N–C) groups is 1. The Hall–Kier alpha value is -0.810. The van der Waals surface area contributed by atoms with E-state index in [1.807, 2.05) is 0 Å². The third kappa shape index (κ3) is 2.73. The molecule has 1 fully saturated rings. The summed E-state index contributed by atoms with van der Waals surface area (Å²) in [7, 11) is 0. The smallest absolute Gasteiger partial charge is 0.212 e. The van der Waals surface area contributed by atoms with Gasteiger partial charge in [-0.25, -0.2) is 10.5 Å². The minimum atomic E-state index is 0.0421. The summed E-state index contributed by atoms with van der Waals surface area (Å²) in [5, 5.41) is 8.26. The highest BCUT2D eigenvalue weighted by Gasteiger charge is 2.14. The van der Waals surface area contributed by atoms with Gasteiger partial charge >= 0.3 is 0 Å². The van der Waals surface area contributed by atoms with Crippen molar-refractivity contribution in [2.24, 2.45) is 10.7 Å². The fourth-order valence-electron chi connectivity index (χ4n) is 1.02. The molecule has 1 unspecified atom stereocenters. The molecule has 0 aliphatic carbocycles. The molecule has 11 heavy (non-hydrogen) atoms. The molecule has 64 valence electrons. The molecule has 0 bridgehead atoms. The van der Waals surface area contributed by atoms with Crippen molar-refractivity contribution in [1.82, 2.24) is 5.48 Å². The number of nitrogens with one attached hydrogen (secondary N) is 1. The van der Waals surface area contributed by atoms with Crippen molar-refractivity contribution in [3.8, 4) is 0 Å². The van der Waals surface area contributed by atoms with E-state index in [4.69, 9.17) is 15.7 Å². The van der Waals surface area contributed by atoms with Crippen molar-refractivity contribution in [3.63, 3.8) is 0 Å². The molecule has 0 amide bonds. The zero-order chi connectivity index (χ0) is 8.10. The Morgan fingerprint density at radius 3 is 3.18 bits per heavy atom. The van der Waals surface area contributed by atoms with E-state index in [-0.39, 0.29) is 12.1 Å². The van der Waals surface area contributed by atoms with E-state index in [2.05, 4.69) is 4.99 Å². The van der Waals surface area contributed by atoms with Gasteiger partial charge in [0.25, 0.3) is 0 Å². The molecule has 1 rings (SSSR count). The molecule has 0 aromatic heterocycles. The Morgan fingerprint density at radius 1 is 1.82 bits per heavy atom. The first-order chi connectivity index (χ1) is 5.33. The van der Waals surface area contributed by atoms with Gasteiger partial charge in [-0.15, -0.1) is 0 Å². The lowest BCUT2D eigenvalue weighted by molar-refractivity contribution is 0.117. The summed E-state index contributed by atoms with van der Waals surface area (Å²) >= 11 is 0. The molecular formula is C6H13N3O2. The van der Waals surface area contributed by atoms with Crippen LogP contribution in [0.5, 0.6) is 0 Å². The van der Waals surface area contributed by atoms with E-state index < -0.39 is 0 Å². The van der Waals surface area contributed by atoms with E-state index >= 15 is 0 Å². The standard InChI is InChI=1S/C6H13N3O2/c7-6(9-10)8-4-5-2-1-3-11-5/h5,10H,1-4H2,(H3,7,8,9). The van der Waals surface area contributed by atoms with Crippen molar-refractivity contribution in [3.05, 3.63) is 0 Å². The van der Waals surface area contributed by atoms with Gasteiger partial charge in [0.2, 0.25) is 5.96 Å². The van der Waals surface area contributed by atoms with Gasteiger partial charge in [0, 0.05) is 6.61 Å². The zero-order valence-corrected chi connectivity index (χ0v) is 6.29. The first-order valence-corrected chi connectivity index (χ1v) is 3.64. The molecule has 1 aliphatic heterocycles. The van der Waals surface area contributed by atoms with Crippen LogP contribution in [-0.4, -0.2) is 30.4 Å². The van der Waals surface area contributed by atoms with Crippen LogP contribution >= 0.6 is 0 Å². The number of hydrogen-bond acceptors (Lipinski definition) is 3. The molecule has 4 N–H and O–H groups in total. The SMILES string of the molecule is NC(=NCC1CCCO1)NO. The summed E-state index contributed by atoms with van der Waals surface area (Å²) in [6.07, 6.45) is 2.30. The highest BCUT2D eigenvalue weighted by atomic mass is 16.5. The van der Waals surface area contributed by atoms with Crippen molar-refractivity contribution in [1.29, 1.82) is 0 Å². The van der Waals surface area contributed by atoms with Gasteiger partial charge in [0.05, 0.1) is 12.6 Å². The zero-order valence-electron chi connectivity index (χ0n) is 6.29. The van der Waals surface area contributed by atoms with Gasteiger partial charge < -0.3 is 10.5 Å². The normalized spacial score (nSPS) is 25.5. The molecule has 1 aliphatic rings. The van der Waals surface area contributed by atoms with Crippen LogP contribution in [0.4, 0.5) is 0 Å². The topological polar surface area (TPSA) is 79.9 Å². The lowest BCUT2D eigenvalue weighted by atomic mass is 10.2. The largest absolute Gasteiger partial charge is 0.376 e. The van der Waals surface area contributed by atoms with Crippen LogP contribution in [0.2, 0.25) is 0 Å². The maximum Gasteiger partial charge on any atom is 0.212 e. The first kappa shape index (κ1) is 8.29. The van der Waals surface area contributed by atoms with E-state index in [1.54, 1.807) is 5.48 Å². The van der Waals surface area contributed by atoms with Crippen LogP contribution in [0.25, 0.3) is 0 Å². The minimum absolute atomic E-state index is 0.0421. The lowest BCUT2D eigenvalue weighted by Gasteiger charge is -2.04. The van der Waals surface area contributed by atoms with Crippen molar-refractivity contribution >= 4 is 5.96 Å². The van der Waals surface area contributed by atoms with E-state index in [1.165, 1.54) is 0 Å². The summed E-state index contributed by atoms with van der Waals surface area (Å²) in [4.78, 5) is 3.83. The summed E-state index contributed by atoms with van der Waals surface area (Å²) in [5.41, 5.74) is 6.95. The number of hydroxylamine groups is 1. The fourth-order valence-corrected chi connectivity index (χ4v) is 1.02. The number of guanidine groups is 1. The molecule has 5 nitrogen and oxygen atoms in total. The molecule has 5 heteroatoms. The molecule has 1 saturated heterocycles. The molecule has 0 aromatic rings. The van der Waals surface area contributed by atoms with E-state index in [0.717, 1.165) is 19.4 Å². The molecule has 0 spiro atoms. The number of nitrogens with zero attached hydrogens (tertiary/aromatic N) is 1. The average molecular weight is 159 g/mol. The van der Waals surface area contributed by atoms with Crippen LogP contribution in [0.15, 0.2) is 4.99 Å². The van der Waals surface area contributed by atoms with Gasteiger partial charge in [-0.2, -0.15) is 0 Å². The minimum Gasteiger partial charge on any atom is -0.376 e. The number of ether oxygens (including phenoxy) is 1. The summed E-state index contributed by atoms with van der Waals surface area (Å²) in [5.74, 6) is 0.0421. The highest BCUT2D eigenvalue weighted by Crippen LogP contribution is 2.11. The fraction of sp³-hybridized carbons (Fsp3) is 0.833. The van der Waals surface area contributed by atoms with Crippen LogP contribution in [-0.2, 0) is 4.74 Å². The van der Waals surface area contributed by atoms with Crippen LogP contribution in [0.3, 0.4) is 0 Å². The molecule has 0 aromatic carbocycles. The van der Waals surface area contributed by atoms with E-state index in [0.29, 0.717) is 6.54 Å². The number of rotatable bonds is 2. The number of nitrogens with two attached hydrogens (primary N) is 1. The van der Waals surface area contributed by atoms with Crippen molar-refractivity contribution < 1.29 is 9.94 Å². The maximum atomic E-state index is 8.26. The van der Waals surface area contributed by atoms with Gasteiger partial charge in [0.1, 0.15) is 0 Å². The second-order valence-corrected chi connectivity index (χ2v) is 2.47. The van der Waals surface area contributed by atoms with Gasteiger partial charge in [-0.1, -0.05) is 0 Å². The molecule has 1 atom stereocenters. The average Bonchev–Trinajstić information content (AvgIpc) is 2.52. The summed E-state index contributed by atoms with van der Waals surface area (Å²) in [6.45, 7) is 1.34. The van der Waals surface area contributed by atoms with Crippen molar-refractivity contribution in [2.75, 3.05) is 13.2 Å². The Balaban J connectivity index is 2.19. The molecular weight excluding hydrogens is 146 g/mol.